The summed E-state index contributed by atoms with van der Waals surface area (Å²) in [4.78, 5) is 8.57. The summed E-state index contributed by atoms with van der Waals surface area (Å²) in [5.74, 6) is 0. The normalized spacial score (nSPS) is 17.2. The summed E-state index contributed by atoms with van der Waals surface area (Å²) in [6, 6.07) is 3.78. The highest BCUT2D eigenvalue weighted by Crippen LogP contribution is 2.21. The van der Waals surface area contributed by atoms with Gasteiger partial charge in [0.05, 0.1) is 16.9 Å². The maximum Gasteiger partial charge on any atom is 0.159 e. The van der Waals surface area contributed by atoms with Gasteiger partial charge in [0.2, 0.25) is 0 Å². The van der Waals surface area contributed by atoms with Crippen molar-refractivity contribution in [2.24, 2.45) is 0 Å². The van der Waals surface area contributed by atoms with Gasteiger partial charge in [0.25, 0.3) is 0 Å². The number of nitriles is 1. The maximum absolute atomic E-state index is 8.74. The second-order valence-electron chi connectivity index (χ2n) is 3.93. The fraction of sp³-hybridized carbons (Fsp3) is 0.455. The van der Waals surface area contributed by atoms with Gasteiger partial charge >= 0.3 is 0 Å². The number of aromatic nitrogens is 1. The SMILES string of the molecule is CN1CCN(c2cnc(C#N)c(Cl)c2)CC1. The number of hydrogen-bond acceptors (Lipinski definition) is 4. The van der Waals surface area contributed by atoms with Crippen LogP contribution in [0.4, 0.5) is 5.69 Å². The van der Waals surface area contributed by atoms with Crippen molar-refractivity contribution >= 4 is 17.3 Å². The van der Waals surface area contributed by atoms with E-state index in [1.165, 1.54) is 0 Å². The molecule has 0 radical (unpaired) electrons. The number of nitrogens with zero attached hydrogens (tertiary/aromatic N) is 4. The molecule has 5 heteroatoms. The number of rotatable bonds is 1. The lowest BCUT2D eigenvalue weighted by molar-refractivity contribution is 0.313. The summed E-state index contributed by atoms with van der Waals surface area (Å²) in [5, 5.41) is 9.17. The first-order valence-electron chi connectivity index (χ1n) is 5.20. The molecule has 1 fully saturated rings. The van der Waals surface area contributed by atoms with Crippen molar-refractivity contribution in [3.8, 4) is 6.07 Å². The molecule has 1 aromatic rings. The van der Waals surface area contributed by atoms with Gasteiger partial charge < -0.3 is 9.80 Å². The Balaban J connectivity index is 2.16. The summed E-state index contributed by atoms with van der Waals surface area (Å²) in [7, 11) is 2.11. The number of likely N-dealkylation sites (N-methyl/N-ethyl adjacent to an activating group) is 1. The number of piperazine rings is 1. The van der Waals surface area contributed by atoms with Crippen LogP contribution in [0.25, 0.3) is 0 Å². The van der Waals surface area contributed by atoms with Crippen LogP contribution in [0, 0.1) is 11.3 Å². The Labute approximate surface area is 100 Å². The van der Waals surface area contributed by atoms with E-state index in [0.717, 1.165) is 31.9 Å². The van der Waals surface area contributed by atoms with Crippen LogP contribution in [0.3, 0.4) is 0 Å². The third-order valence-corrected chi connectivity index (χ3v) is 3.09. The monoisotopic (exact) mass is 236 g/mol. The van der Waals surface area contributed by atoms with Gasteiger partial charge in [-0.2, -0.15) is 5.26 Å². The second kappa shape index (κ2) is 4.69. The molecule has 1 aliphatic rings. The summed E-state index contributed by atoms with van der Waals surface area (Å²) in [5.41, 5.74) is 1.29. The number of anilines is 1. The number of pyridine rings is 1. The van der Waals surface area contributed by atoms with Crippen molar-refractivity contribution in [1.29, 1.82) is 5.26 Å². The average molecular weight is 237 g/mol. The predicted octanol–water partition coefficient (Wildman–Crippen LogP) is 1.36. The molecule has 0 N–H and O–H groups in total. The van der Waals surface area contributed by atoms with Crippen molar-refractivity contribution in [2.45, 2.75) is 0 Å². The van der Waals surface area contributed by atoms with Crippen molar-refractivity contribution in [1.82, 2.24) is 9.88 Å². The molecule has 0 aromatic carbocycles. The van der Waals surface area contributed by atoms with Gasteiger partial charge in [-0.1, -0.05) is 11.6 Å². The Morgan fingerprint density at radius 2 is 2.06 bits per heavy atom. The minimum absolute atomic E-state index is 0.291. The van der Waals surface area contributed by atoms with Crippen LogP contribution < -0.4 is 4.90 Å². The van der Waals surface area contributed by atoms with Crippen LogP contribution in [0.1, 0.15) is 5.69 Å². The zero-order valence-corrected chi connectivity index (χ0v) is 9.91. The minimum Gasteiger partial charge on any atom is -0.368 e. The summed E-state index contributed by atoms with van der Waals surface area (Å²) in [6.45, 7) is 4.02. The van der Waals surface area contributed by atoms with E-state index in [0.29, 0.717) is 10.7 Å². The largest absolute Gasteiger partial charge is 0.368 e. The Morgan fingerprint density at radius 3 is 2.62 bits per heavy atom. The first-order valence-corrected chi connectivity index (χ1v) is 5.57. The van der Waals surface area contributed by atoms with Crippen molar-refractivity contribution in [2.75, 3.05) is 38.1 Å². The third-order valence-electron chi connectivity index (χ3n) is 2.80. The van der Waals surface area contributed by atoms with Crippen molar-refractivity contribution in [3.05, 3.63) is 23.0 Å². The van der Waals surface area contributed by atoms with Crippen LogP contribution in [-0.2, 0) is 0 Å². The Bertz CT molecular complexity index is 418. The molecule has 2 heterocycles. The lowest BCUT2D eigenvalue weighted by Crippen LogP contribution is -2.44. The molecule has 2 rings (SSSR count). The summed E-state index contributed by atoms with van der Waals surface area (Å²) in [6.07, 6.45) is 1.72. The topological polar surface area (TPSA) is 43.2 Å². The molecular formula is C11H13ClN4. The smallest absolute Gasteiger partial charge is 0.159 e. The molecule has 0 spiro atoms. The molecule has 0 aliphatic carbocycles. The molecule has 0 unspecified atom stereocenters. The Hall–Kier alpha value is -1.31. The summed E-state index contributed by atoms with van der Waals surface area (Å²) < 4.78 is 0. The van der Waals surface area contributed by atoms with E-state index in [4.69, 9.17) is 16.9 Å². The summed E-state index contributed by atoms with van der Waals surface area (Å²) >= 11 is 5.96. The van der Waals surface area contributed by atoms with Crippen molar-refractivity contribution < 1.29 is 0 Å². The zero-order valence-electron chi connectivity index (χ0n) is 9.15. The lowest BCUT2D eigenvalue weighted by atomic mass is 10.2. The van der Waals surface area contributed by atoms with Gasteiger partial charge in [0, 0.05) is 26.2 Å². The van der Waals surface area contributed by atoms with E-state index in [2.05, 4.69) is 21.8 Å². The second-order valence-corrected chi connectivity index (χ2v) is 4.33. The van der Waals surface area contributed by atoms with Crippen LogP contribution in [0.2, 0.25) is 5.02 Å². The molecule has 16 heavy (non-hydrogen) atoms. The van der Waals surface area contributed by atoms with E-state index in [-0.39, 0.29) is 0 Å². The highest BCUT2D eigenvalue weighted by Gasteiger charge is 2.15. The fourth-order valence-corrected chi connectivity index (χ4v) is 1.95. The lowest BCUT2D eigenvalue weighted by Gasteiger charge is -2.33. The molecule has 1 saturated heterocycles. The minimum atomic E-state index is 0.291. The third kappa shape index (κ3) is 2.26. The van der Waals surface area contributed by atoms with E-state index in [1.807, 2.05) is 12.1 Å². The highest BCUT2D eigenvalue weighted by atomic mass is 35.5. The van der Waals surface area contributed by atoms with Gasteiger partial charge in [-0.05, 0) is 13.1 Å². The molecular weight excluding hydrogens is 224 g/mol. The van der Waals surface area contributed by atoms with Gasteiger partial charge in [-0.3, -0.25) is 0 Å². The van der Waals surface area contributed by atoms with Crippen molar-refractivity contribution in [3.63, 3.8) is 0 Å². The van der Waals surface area contributed by atoms with Crippen LogP contribution in [0.5, 0.6) is 0 Å². The standard InChI is InChI=1S/C11H13ClN4/c1-15-2-4-16(5-3-15)9-6-10(12)11(7-13)14-8-9/h6,8H,2-5H2,1H3. The molecule has 1 aromatic heterocycles. The number of halogens is 1. The maximum atomic E-state index is 8.74. The number of hydrogen-bond donors (Lipinski definition) is 0. The van der Waals surface area contributed by atoms with E-state index < -0.39 is 0 Å². The van der Waals surface area contributed by atoms with Gasteiger partial charge in [0.1, 0.15) is 6.07 Å². The van der Waals surface area contributed by atoms with E-state index >= 15 is 0 Å². The first kappa shape index (κ1) is 11.2. The Kier molecular flexibility index (Phi) is 3.28. The van der Waals surface area contributed by atoms with Crippen LogP contribution >= 0.6 is 11.6 Å². The Morgan fingerprint density at radius 1 is 1.38 bits per heavy atom. The zero-order chi connectivity index (χ0) is 11.5. The molecule has 84 valence electrons. The van der Waals surface area contributed by atoms with E-state index in [1.54, 1.807) is 6.20 Å². The van der Waals surface area contributed by atoms with Crippen LogP contribution in [-0.4, -0.2) is 43.1 Å². The quantitative estimate of drug-likeness (QED) is 0.739. The van der Waals surface area contributed by atoms with Crippen LogP contribution in [0.15, 0.2) is 12.3 Å². The molecule has 0 saturated carbocycles. The molecule has 0 amide bonds. The fourth-order valence-electron chi connectivity index (χ4n) is 1.75. The average Bonchev–Trinajstić information content (AvgIpc) is 2.30. The van der Waals surface area contributed by atoms with Gasteiger partial charge in [0.15, 0.2) is 5.69 Å². The van der Waals surface area contributed by atoms with Gasteiger partial charge in [-0.15, -0.1) is 0 Å². The molecule has 1 aliphatic heterocycles. The molecule has 0 atom stereocenters. The molecule has 4 nitrogen and oxygen atoms in total. The molecule has 0 bridgehead atoms. The first-order chi connectivity index (χ1) is 7.70. The van der Waals surface area contributed by atoms with E-state index in [9.17, 15) is 0 Å². The predicted molar refractivity (Wildman–Crippen MR) is 63.7 cm³/mol. The van der Waals surface area contributed by atoms with Gasteiger partial charge in [-0.25, -0.2) is 4.98 Å². The highest BCUT2D eigenvalue weighted by molar-refractivity contribution is 6.31.